The lowest BCUT2D eigenvalue weighted by atomic mass is 10.2. The number of hydrogen-bond donors (Lipinski definition) is 2. The normalized spacial score (nSPS) is 10.3. The number of nitrogens with one attached hydrogen (secondary N) is 2. The van der Waals surface area contributed by atoms with E-state index >= 15 is 0 Å². The van der Waals surface area contributed by atoms with Crippen LogP contribution in [0.4, 0.5) is 15.9 Å². The summed E-state index contributed by atoms with van der Waals surface area (Å²) in [6, 6.07) is 6.84. The molecular weight excluding hydrogens is 337 g/mol. The zero-order chi connectivity index (χ0) is 15.4. The van der Waals surface area contributed by atoms with E-state index in [-0.39, 0.29) is 11.4 Å². The number of aryl methyl sites for hydroxylation is 1. The minimum Gasteiger partial charge on any atom is -0.368 e. The lowest BCUT2D eigenvalue weighted by Gasteiger charge is -2.11. The summed E-state index contributed by atoms with van der Waals surface area (Å²) < 4.78 is 15.0. The van der Waals surface area contributed by atoms with Gasteiger partial charge < -0.3 is 10.6 Å². The molecule has 0 saturated carbocycles. The van der Waals surface area contributed by atoms with Crippen LogP contribution in [0.2, 0.25) is 0 Å². The Hall–Kier alpha value is -1.95. The lowest BCUT2D eigenvalue weighted by molar-refractivity contribution is 0.102. The molecule has 0 aliphatic heterocycles. The highest BCUT2D eigenvalue weighted by atomic mass is 79.9. The average molecular weight is 352 g/mol. The van der Waals surface area contributed by atoms with Crippen molar-refractivity contribution in [1.29, 1.82) is 0 Å². The highest BCUT2D eigenvalue weighted by Crippen LogP contribution is 2.26. The smallest absolute Gasteiger partial charge is 0.258 e. The van der Waals surface area contributed by atoms with Gasteiger partial charge >= 0.3 is 0 Å². The molecule has 0 radical (unpaired) electrons. The Morgan fingerprint density at radius 1 is 1.38 bits per heavy atom. The fourth-order valence-corrected chi connectivity index (χ4v) is 2.21. The number of anilines is 2. The molecular formula is C15H15BrFN3O. The van der Waals surface area contributed by atoms with Crippen molar-refractivity contribution in [3.05, 3.63) is 51.9 Å². The SMILES string of the molecule is CCNc1nccc(C(=O)Nc2cccc(C)c2Br)c1F. The van der Waals surface area contributed by atoms with Crippen LogP contribution in [0.5, 0.6) is 0 Å². The topological polar surface area (TPSA) is 54.0 Å². The van der Waals surface area contributed by atoms with Crippen LogP contribution < -0.4 is 10.6 Å². The molecule has 0 fully saturated rings. The second-order valence-corrected chi connectivity index (χ2v) is 5.24. The van der Waals surface area contributed by atoms with E-state index in [1.807, 2.05) is 26.0 Å². The Morgan fingerprint density at radius 2 is 2.14 bits per heavy atom. The molecule has 2 aromatic rings. The van der Waals surface area contributed by atoms with Crippen molar-refractivity contribution in [2.24, 2.45) is 0 Å². The number of carbonyl (C=O) groups excluding carboxylic acids is 1. The van der Waals surface area contributed by atoms with Crippen LogP contribution in [0.15, 0.2) is 34.9 Å². The van der Waals surface area contributed by atoms with Gasteiger partial charge in [0.15, 0.2) is 11.6 Å². The van der Waals surface area contributed by atoms with Crippen molar-refractivity contribution in [2.45, 2.75) is 13.8 Å². The summed E-state index contributed by atoms with van der Waals surface area (Å²) in [7, 11) is 0. The third kappa shape index (κ3) is 3.39. The number of nitrogens with zero attached hydrogens (tertiary/aromatic N) is 1. The first-order chi connectivity index (χ1) is 10.0. The molecule has 1 amide bonds. The van der Waals surface area contributed by atoms with Crippen LogP contribution in [-0.2, 0) is 0 Å². The van der Waals surface area contributed by atoms with E-state index in [0.29, 0.717) is 12.2 Å². The van der Waals surface area contributed by atoms with E-state index in [0.717, 1.165) is 10.0 Å². The quantitative estimate of drug-likeness (QED) is 0.875. The van der Waals surface area contributed by atoms with Gasteiger partial charge in [0.1, 0.15) is 0 Å². The third-order valence-corrected chi connectivity index (χ3v) is 3.97. The summed E-state index contributed by atoms with van der Waals surface area (Å²) in [5.41, 5.74) is 1.53. The van der Waals surface area contributed by atoms with E-state index in [1.165, 1.54) is 12.3 Å². The molecule has 0 aliphatic rings. The zero-order valence-electron chi connectivity index (χ0n) is 11.7. The highest BCUT2D eigenvalue weighted by molar-refractivity contribution is 9.10. The summed E-state index contributed by atoms with van der Waals surface area (Å²) >= 11 is 3.41. The van der Waals surface area contributed by atoms with Gasteiger partial charge in [-0.25, -0.2) is 9.37 Å². The monoisotopic (exact) mass is 351 g/mol. The first kappa shape index (κ1) is 15.4. The highest BCUT2D eigenvalue weighted by Gasteiger charge is 2.17. The molecule has 21 heavy (non-hydrogen) atoms. The summed E-state index contributed by atoms with van der Waals surface area (Å²) in [5, 5.41) is 5.48. The van der Waals surface area contributed by atoms with Crippen LogP contribution >= 0.6 is 15.9 Å². The Labute approximate surface area is 130 Å². The van der Waals surface area contributed by atoms with Gasteiger partial charge in [-0.3, -0.25) is 4.79 Å². The molecule has 110 valence electrons. The largest absolute Gasteiger partial charge is 0.368 e. The van der Waals surface area contributed by atoms with Crippen molar-refractivity contribution >= 4 is 33.3 Å². The van der Waals surface area contributed by atoms with Crippen molar-refractivity contribution in [3.63, 3.8) is 0 Å². The van der Waals surface area contributed by atoms with Crippen LogP contribution in [0.3, 0.4) is 0 Å². The average Bonchev–Trinajstić information content (AvgIpc) is 2.46. The molecule has 0 unspecified atom stereocenters. The van der Waals surface area contributed by atoms with Crippen LogP contribution in [0.25, 0.3) is 0 Å². The van der Waals surface area contributed by atoms with E-state index in [2.05, 4.69) is 31.5 Å². The van der Waals surface area contributed by atoms with Gasteiger partial charge in [-0.2, -0.15) is 0 Å². The van der Waals surface area contributed by atoms with E-state index in [1.54, 1.807) is 6.07 Å². The number of benzene rings is 1. The van der Waals surface area contributed by atoms with Gasteiger partial charge in [0.25, 0.3) is 5.91 Å². The molecule has 0 atom stereocenters. The molecule has 0 spiro atoms. The molecule has 2 N–H and O–H groups in total. The number of carbonyl (C=O) groups is 1. The molecule has 1 aromatic carbocycles. The number of rotatable bonds is 4. The molecule has 1 heterocycles. The standard InChI is InChI=1S/C15H15BrFN3O/c1-3-18-14-13(17)10(7-8-19-14)15(21)20-11-6-4-5-9(2)12(11)16/h4-8H,3H2,1-2H3,(H,18,19)(H,20,21). The van der Waals surface area contributed by atoms with E-state index in [9.17, 15) is 9.18 Å². The number of pyridine rings is 1. The number of hydrogen-bond acceptors (Lipinski definition) is 3. The number of aromatic nitrogens is 1. The number of amides is 1. The van der Waals surface area contributed by atoms with Gasteiger partial charge in [-0.05, 0) is 47.5 Å². The first-order valence-electron chi connectivity index (χ1n) is 6.49. The fourth-order valence-electron chi connectivity index (χ4n) is 1.84. The van der Waals surface area contributed by atoms with Crippen LogP contribution in [0.1, 0.15) is 22.8 Å². The van der Waals surface area contributed by atoms with E-state index < -0.39 is 11.7 Å². The Morgan fingerprint density at radius 3 is 2.86 bits per heavy atom. The summed E-state index contributed by atoms with van der Waals surface area (Å²) in [6.45, 7) is 4.27. The maximum absolute atomic E-state index is 14.2. The molecule has 0 saturated heterocycles. The molecule has 4 nitrogen and oxygen atoms in total. The third-order valence-electron chi connectivity index (χ3n) is 2.92. The van der Waals surface area contributed by atoms with Crippen LogP contribution in [0, 0.1) is 12.7 Å². The summed E-state index contributed by atoms with van der Waals surface area (Å²) in [6.07, 6.45) is 1.40. The van der Waals surface area contributed by atoms with Gasteiger partial charge in [0.05, 0.1) is 11.3 Å². The maximum Gasteiger partial charge on any atom is 0.258 e. The van der Waals surface area contributed by atoms with Gasteiger partial charge in [0, 0.05) is 17.2 Å². The second kappa shape index (κ2) is 6.67. The van der Waals surface area contributed by atoms with Crippen molar-refractivity contribution in [3.8, 4) is 0 Å². The van der Waals surface area contributed by atoms with Crippen molar-refractivity contribution in [2.75, 3.05) is 17.2 Å². The predicted molar refractivity (Wildman–Crippen MR) is 85.2 cm³/mol. The van der Waals surface area contributed by atoms with Crippen LogP contribution in [-0.4, -0.2) is 17.4 Å². The summed E-state index contributed by atoms with van der Waals surface area (Å²) in [4.78, 5) is 16.1. The Balaban J connectivity index is 2.29. The van der Waals surface area contributed by atoms with Gasteiger partial charge in [0.2, 0.25) is 0 Å². The second-order valence-electron chi connectivity index (χ2n) is 4.44. The fraction of sp³-hybridized carbons (Fsp3) is 0.200. The van der Waals surface area contributed by atoms with Gasteiger partial charge in [-0.15, -0.1) is 0 Å². The predicted octanol–water partition coefficient (Wildman–Crippen LogP) is 3.98. The Kier molecular flexibility index (Phi) is 4.90. The zero-order valence-corrected chi connectivity index (χ0v) is 13.3. The molecule has 1 aromatic heterocycles. The van der Waals surface area contributed by atoms with E-state index in [4.69, 9.17) is 0 Å². The maximum atomic E-state index is 14.2. The Bertz CT molecular complexity index is 676. The molecule has 6 heteroatoms. The minimum atomic E-state index is -0.652. The first-order valence-corrected chi connectivity index (χ1v) is 7.28. The lowest BCUT2D eigenvalue weighted by Crippen LogP contribution is -2.16. The summed E-state index contributed by atoms with van der Waals surface area (Å²) in [5.74, 6) is -1.09. The van der Waals surface area contributed by atoms with Gasteiger partial charge in [-0.1, -0.05) is 12.1 Å². The molecule has 0 aliphatic carbocycles. The molecule has 0 bridgehead atoms. The molecule has 2 rings (SSSR count). The number of halogens is 2. The van der Waals surface area contributed by atoms with Crippen molar-refractivity contribution < 1.29 is 9.18 Å². The van der Waals surface area contributed by atoms with Crippen molar-refractivity contribution in [1.82, 2.24) is 4.98 Å². The minimum absolute atomic E-state index is 0.0469.